The minimum Gasteiger partial charge on any atom is -0.504 e. The number of carbonyl (C=O) groups excluding carboxylic acids is 1. The van der Waals surface area contributed by atoms with Crippen LogP contribution in [0.2, 0.25) is 0 Å². The summed E-state index contributed by atoms with van der Waals surface area (Å²) in [7, 11) is 0. The number of aromatic hydroxyl groups is 2. The number of rotatable bonds is 3. The maximum Gasteiger partial charge on any atom is 0.275 e. The summed E-state index contributed by atoms with van der Waals surface area (Å²) in [5.41, 5.74) is 13.0. The highest BCUT2D eigenvalue weighted by Gasteiger charge is 2.09. The largest absolute Gasteiger partial charge is 0.504 e. The lowest BCUT2D eigenvalue weighted by molar-refractivity contribution is -0.114. The van der Waals surface area contributed by atoms with Gasteiger partial charge >= 0.3 is 0 Å². The highest BCUT2D eigenvalue weighted by Crippen LogP contribution is 2.32. The molecule has 0 aromatic heterocycles. The standard InChI is InChI=1S/C17H17N3O3/c1-10(16(23)20-17(18)19)8-11-4-2-3-5-13(11)12-6-7-14(21)15(22)9-12/h2-9,21-22H,1H3,(H4,18,19,20,23). The van der Waals surface area contributed by atoms with Gasteiger partial charge < -0.3 is 21.7 Å². The molecular weight excluding hydrogens is 294 g/mol. The molecule has 6 N–H and O–H groups in total. The van der Waals surface area contributed by atoms with Crippen LogP contribution in [0.4, 0.5) is 0 Å². The van der Waals surface area contributed by atoms with Crippen LogP contribution in [0.1, 0.15) is 12.5 Å². The first kappa shape index (κ1) is 16.1. The number of benzene rings is 2. The Morgan fingerprint density at radius 1 is 1.09 bits per heavy atom. The van der Waals surface area contributed by atoms with Crippen molar-refractivity contribution in [1.82, 2.24) is 0 Å². The minimum atomic E-state index is -0.520. The normalized spacial score (nSPS) is 11.1. The van der Waals surface area contributed by atoms with E-state index >= 15 is 0 Å². The molecule has 0 saturated heterocycles. The van der Waals surface area contributed by atoms with Gasteiger partial charge in [-0.3, -0.25) is 4.79 Å². The molecule has 6 nitrogen and oxygen atoms in total. The first-order valence-electron chi connectivity index (χ1n) is 6.82. The SMILES string of the molecule is CC(=Cc1ccccc1-c1ccc(O)c(O)c1)C(=O)N=C(N)N. The molecule has 1 amide bonds. The summed E-state index contributed by atoms with van der Waals surface area (Å²) in [6, 6.07) is 11.9. The van der Waals surface area contributed by atoms with Gasteiger partial charge in [-0.2, -0.15) is 4.99 Å². The summed E-state index contributed by atoms with van der Waals surface area (Å²) < 4.78 is 0. The van der Waals surface area contributed by atoms with E-state index in [1.165, 1.54) is 12.1 Å². The Balaban J connectivity index is 2.47. The van der Waals surface area contributed by atoms with E-state index in [-0.39, 0.29) is 17.5 Å². The second-order valence-electron chi connectivity index (χ2n) is 4.96. The second-order valence-corrected chi connectivity index (χ2v) is 4.96. The first-order chi connectivity index (χ1) is 10.9. The van der Waals surface area contributed by atoms with Crippen molar-refractivity contribution in [3.05, 3.63) is 53.6 Å². The lowest BCUT2D eigenvalue weighted by Crippen LogP contribution is -2.24. The third-order valence-electron chi connectivity index (χ3n) is 3.19. The Morgan fingerprint density at radius 3 is 2.43 bits per heavy atom. The first-order valence-corrected chi connectivity index (χ1v) is 6.82. The minimum absolute atomic E-state index is 0.194. The van der Waals surface area contributed by atoms with Crippen molar-refractivity contribution in [2.45, 2.75) is 6.92 Å². The maximum absolute atomic E-state index is 11.8. The van der Waals surface area contributed by atoms with Gasteiger partial charge in [-0.25, -0.2) is 0 Å². The number of phenolic OH excluding ortho intramolecular Hbond substituents is 2. The molecule has 0 radical (unpaired) electrons. The summed E-state index contributed by atoms with van der Waals surface area (Å²) >= 11 is 0. The Labute approximate surface area is 133 Å². The van der Waals surface area contributed by atoms with Gasteiger partial charge in [0.05, 0.1) is 0 Å². The van der Waals surface area contributed by atoms with Crippen LogP contribution in [-0.2, 0) is 4.79 Å². The Hall–Kier alpha value is -3.28. The molecule has 0 heterocycles. The lowest BCUT2D eigenvalue weighted by Gasteiger charge is -2.08. The molecule has 0 saturated carbocycles. The molecule has 0 aliphatic rings. The number of nitrogens with two attached hydrogens (primary N) is 2. The third kappa shape index (κ3) is 3.88. The van der Waals surface area contributed by atoms with Gasteiger partial charge in [0, 0.05) is 5.57 Å². The van der Waals surface area contributed by atoms with Gasteiger partial charge in [-0.05, 0) is 41.8 Å². The zero-order valence-electron chi connectivity index (χ0n) is 12.5. The molecule has 0 spiro atoms. The van der Waals surface area contributed by atoms with Crippen LogP contribution in [0.25, 0.3) is 17.2 Å². The fourth-order valence-electron chi connectivity index (χ4n) is 2.08. The predicted molar refractivity (Wildman–Crippen MR) is 89.7 cm³/mol. The van der Waals surface area contributed by atoms with E-state index in [9.17, 15) is 15.0 Å². The van der Waals surface area contributed by atoms with Crippen molar-refractivity contribution >= 4 is 17.9 Å². The Bertz CT molecular complexity index is 806. The van der Waals surface area contributed by atoms with Crippen molar-refractivity contribution in [1.29, 1.82) is 0 Å². The van der Waals surface area contributed by atoms with Crippen LogP contribution in [-0.4, -0.2) is 22.1 Å². The van der Waals surface area contributed by atoms with Gasteiger partial charge in [0.15, 0.2) is 17.5 Å². The van der Waals surface area contributed by atoms with E-state index in [0.29, 0.717) is 11.1 Å². The van der Waals surface area contributed by atoms with E-state index < -0.39 is 5.91 Å². The molecule has 0 aliphatic carbocycles. The fourth-order valence-corrected chi connectivity index (χ4v) is 2.08. The number of phenols is 2. The zero-order chi connectivity index (χ0) is 17.0. The van der Waals surface area contributed by atoms with Crippen LogP contribution in [0.15, 0.2) is 53.0 Å². The van der Waals surface area contributed by atoms with Crippen LogP contribution in [0.3, 0.4) is 0 Å². The van der Waals surface area contributed by atoms with Crippen LogP contribution >= 0.6 is 0 Å². The molecule has 6 heteroatoms. The summed E-state index contributed by atoms with van der Waals surface area (Å²) in [6.07, 6.45) is 1.66. The number of aliphatic imine (C=N–C) groups is 1. The third-order valence-corrected chi connectivity index (χ3v) is 3.19. The molecule has 0 aliphatic heterocycles. The van der Waals surface area contributed by atoms with E-state index in [2.05, 4.69) is 4.99 Å². The smallest absolute Gasteiger partial charge is 0.275 e. The van der Waals surface area contributed by atoms with Crippen molar-refractivity contribution in [3.8, 4) is 22.6 Å². The van der Waals surface area contributed by atoms with Crippen LogP contribution < -0.4 is 11.5 Å². The molecule has 0 atom stereocenters. The molecule has 0 bridgehead atoms. The average Bonchev–Trinajstić information content (AvgIpc) is 2.50. The van der Waals surface area contributed by atoms with Gasteiger partial charge in [0.2, 0.25) is 0 Å². The van der Waals surface area contributed by atoms with Crippen LogP contribution in [0, 0.1) is 0 Å². The number of hydrogen-bond donors (Lipinski definition) is 4. The molecular formula is C17H17N3O3. The van der Waals surface area contributed by atoms with Crippen molar-refractivity contribution in [2.24, 2.45) is 16.5 Å². The Kier molecular flexibility index (Phi) is 4.66. The average molecular weight is 311 g/mol. The summed E-state index contributed by atoms with van der Waals surface area (Å²) in [6.45, 7) is 1.61. The maximum atomic E-state index is 11.8. The fraction of sp³-hybridized carbons (Fsp3) is 0.0588. The molecule has 23 heavy (non-hydrogen) atoms. The number of hydrogen-bond acceptors (Lipinski definition) is 3. The van der Waals surface area contributed by atoms with E-state index in [4.69, 9.17) is 11.5 Å². The van der Waals surface area contributed by atoms with Crippen molar-refractivity contribution < 1.29 is 15.0 Å². The number of carbonyl (C=O) groups is 1. The van der Waals surface area contributed by atoms with Gasteiger partial charge in [0.1, 0.15) is 0 Å². The molecule has 0 unspecified atom stereocenters. The zero-order valence-corrected chi connectivity index (χ0v) is 12.5. The summed E-state index contributed by atoms with van der Waals surface area (Å²) in [5.74, 6) is -1.22. The quantitative estimate of drug-likeness (QED) is 0.299. The van der Waals surface area contributed by atoms with Gasteiger partial charge in [-0.1, -0.05) is 30.3 Å². The number of guanidine groups is 1. The van der Waals surface area contributed by atoms with Crippen molar-refractivity contribution in [3.63, 3.8) is 0 Å². The highest BCUT2D eigenvalue weighted by molar-refractivity contribution is 6.04. The number of nitrogens with zero attached hydrogens (tertiary/aromatic N) is 1. The van der Waals surface area contributed by atoms with E-state index in [0.717, 1.165) is 11.1 Å². The summed E-state index contributed by atoms with van der Waals surface area (Å²) in [5, 5.41) is 19.1. The lowest BCUT2D eigenvalue weighted by atomic mass is 9.98. The topological polar surface area (TPSA) is 122 Å². The highest BCUT2D eigenvalue weighted by atomic mass is 16.3. The summed E-state index contributed by atoms with van der Waals surface area (Å²) in [4.78, 5) is 15.3. The molecule has 2 aromatic carbocycles. The molecule has 118 valence electrons. The number of amides is 1. The van der Waals surface area contributed by atoms with Crippen LogP contribution in [0.5, 0.6) is 11.5 Å². The Morgan fingerprint density at radius 2 is 1.78 bits per heavy atom. The van der Waals surface area contributed by atoms with Gasteiger partial charge in [0.25, 0.3) is 5.91 Å². The molecule has 0 fully saturated rings. The van der Waals surface area contributed by atoms with Gasteiger partial charge in [-0.15, -0.1) is 0 Å². The van der Waals surface area contributed by atoms with E-state index in [1.807, 2.05) is 24.3 Å². The molecule has 2 aromatic rings. The van der Waals surface area contributed by atoms with E-state index in [1.54, 1.807) is 19.1 Å². The van der Waals surface area contributed by atoms with Crippen molar-refractivity contribution in [2.75, 3.05) is 0 Å². The molecule has 2 rings (SSSR count). The second kappa shape index (κ2) is 6.65. The predicted octanol–water partition coefficient (Wildman–Crippen LogP) is 1.97. The monoisotopic (exact) mass is 311 g/mol.